The number of halogens is 2. The number of carbonyl (C=O) groups excluding carboxylic acids is 1. The summed E-state index contributed by atoms with van der Waals surface area (Å²) in [6, 6.07) is 16.4. The van der Waals surface area contributed by atoms with Gasteiger partial charge in [0.1, 0.15) is 10.9 Å². The fourth-order valence-corrected chi connectivity index (χ4v) is 8.13. The van der Waals surface area contributed by atoms with Gasteiger partial charge in [-0.05, 0) is 54.3 Å². The summed E-state index contributed by atoms with van der Waals surface area (Å²) in [6.45, 7) is 5.15. The number of fused-ring (bicyclic) bond motifs is 2. The van der Waals surface area contributed by atoms with Crippen LogP contribution in [0.5, 0.6) is 0 Å². The molecule has 1 atom stereocenters. The van der Waals surface area contributed by atoms with Crippen LogP contribution in [0.2, 0.25) is 5.02 Å². The van der Waals surface area contributed by atoms with Gasteiger partial charge in [0, 0.05) is 53.3 Å². The molecule has 1 saturated heterocycles. The first-order valence-electron chi connectivity index (χ1n) is 15.2. The molecule has 46 heavy (non-hydrogen) atoms. The average molecular weight is 673 g/mol. The predicted octanol–water partition coefficient (Wildman–Crippen LogP) is 6.96. The van der Waals surface area contributed by atoms with Crippen molar-refractivity contribution in [2.24, 2.45) is 5.92 Å². The topological polar surface area (TPSA) is 99.5 Å². The van der Waals surface area contributed by atoms with E-state index in [2.05, 4.69) is 35.0 Å². The molecule has 5 heterocycles. The van der Waals surface area contributed by atoms with Crippen LogP contribution in [-0.2, 0) is 35.6 Å². The van der Waals surface area contributed by atoms with Crippen LogP contribution in [0.4, 0.5) is 0 Å². The van der Waals surface area contributed by atoms with Crippen molar-refractivity contribution in [3.63, 3.8) is 0 Å². The number of alkyl halides is 1. The van der Waals surface area contributed by atoms with Crippen LogP contribution in [0.3, 0.4) is 0 Å². The molecular formula is C35H31Cl2N5O3S. The first-order valence-corrected chi connectivity index (χ1v) is 16.9. The second-order valence-electron chi connectivity index (χ2n) is 11.9. The molecule has 0 saturated carbocycles. The monoisotopic (exact) mass is 671 g/mol. The van der Waals surface area contributed by atoms with Crippen LogP contribution in [0.1, 0.15) is 39.4 Å². The van der Waals surface area contributed by atoms with Gasteiger partial charge in [-0.25, -0.2) is 4.98 Å². The molecule has 0 bridgehead atoms. The second-order valence-corrected chi connectivity index (χ2v) is 13.7. The number of carbonyl (C=O) groups is 2. The van der Waals surface area contributed by atoms with Crippen molar-refractivity contribution in [2.75, 3.05) is 19.0 Å². The highest BCUT2D eigenvalue weighted by Gasteiger charge is 2.29. The number of amides is 1. The van der Waals surface area contributed by atoms with E-state index in [1.807, 2.05) is 36.5 Å². The number of aromatic nitrogens is 3. The molecule has 3 aromatic heterocycles. The minimum atomic E-state index is -0.724. The SMILES string of the molecule is Cc1c(-c2nc3c(s2)CN(C(=O)CCl)C3)cccc1-c1cccc(Cc2nccc3cc(CN4CC[C@@H](C(=O)O)C4)cnc23)c1Cl. The Kier molecular flexibility index (Phi) is 8.50. The zero-order valence-corrected chi connectivity index (χ0v) is 27.5. The van der Waals surface area contributed by atoms with Crippen molar-refractivity contribution < 1.29 is 14.7 Å². The zero-order chi connectivity index (χ0) is 31.9. The molecule has 1 amide bonds. The summed E-state index contributed by atoms with van der Waals surface area (Å²) in [5.74, 6) is -1.12. The highest BCUT2D eigenvalue weighted by molar-refractivity contribution is 7.15. The smallest absolute Gasteiger partial charge is 0.307 e. The molecule has 2 aromatic carbocycles. The zero-order valence-electron chi connectivity index (χ0n) is 25.2. The standard InChI is InChI=1S/C35H31Cl2N5O3S/c1-20-25(5-3-6-26(20)34-40-29-18-42(31(43)14-36)19-30(29)46-34)27-7-2-4-22(32(27)37)13-28-33-23(8-10-38-28)12-21(15-39-33)16-41-11-9-24(17-41)35(44)45/h2-8,10,12,15,24H,9,11,13-14,16-19H2,1H3,(H,44,45)/t24-/m1/s1. The molecular weight excluding hydrogens is 641 g/mol. The van der Waals surface area contributed by atoms with Crippen LogP contribution >= 0.6 is 34.5 Å². The number of nitrogens with zero attached hydrogens (tertiary/aromatic N) is 5. The van der Waals surface area contributed by atoms with E-state index in [-0.39, 0.29) is 17.7 Å². The van der Waals surface area contributed by atoms with E-state index < -0.39 is 5.97 Å². The Bertz CT molecular complexity index is 1970. The molecule has 234 valence electrons. The lowest BCUT2D eigenvalue weighted by Gasteiger charge is -2.16. The van der Waals surface area contributed by atoms with Crippen LogP contribution in [0.25, 0.3) is 32.6 Å². The Balaban J connectivity index is 1.13. The molecule has 1 fully saturated rings. The van der Waals surface area contributed by atoms with Crippen molar-refractivity contribution >= 4 is 57.3 Å². The largest absolute Gasteiger partial charge is 0.481 e. The van der Waals surface area contributed by atoms with Gasteiger partial charge < -0.3 is 10.0 Å². The molecule has 7 rings (SSSR count). The molecule has 5 aromatic rings. The van der Waals surface area contributed by atoms with E-state index in [0.29, 0.717) is 44.0 Å². The van der Waals surface area contributed by atoms with Crippen LogP contribution < -0.4 is 0 Å². The maximum atomic E-state index is 12.1. The summed E-state index contributed by atoms with van der Waals surface area (Å²) in [4.78, 5) is 42.8. The normalized spacial score (nSPS) is 16.3. The van der Waals surface area contributed by atoms with Gasteiger partial charge in [0.25, 0.3) is 0 Å². The number of aliphatic carboxylic acids is 1. The summed E-state index contributed by atoms with van der Waals surface area (Å²) in [7, 11) is 0. The summed E-state index contributed by atoms with van der Waals surface area (Å²) in [5, 5.41) is 12.0. The van der Waals surface area contributed by atoms with Gasteiger partial charge in [-0.2, -0.15) is 0 Å². The number of hydrogen-bond acceptors (Lipinski definition) is 7. The Labute approximate surface area is 280 Å². The quantitative estimate of drug-likeness (QED) is 0.178. The minimum Gasteiger partial charge on any atom is -0.481 e. The maximum absolute atomic E-state index is 12.1. The van der Waals surface area contributed by atoms with E-state index in [1.54, 1.807) is 22.4 Å². The van der Waals surface area contributed by atoms with Gasteiger partial charge in [0.15, 0.2) is 0 Å². The number of hydrogen-bond donors (Lipinski definition) is 1. The third-order valence-electron chi connectivity index (χ3n) is 8.97. The molecule has 2 aliphatic rings. The third-order valence-corrected chi connectivity index (χ3v) is 10.8. The molecule has 2 aliphatic heterocycles. The maximum Gasteiger partial charge on any atom is 0.307 e. The Morgan fingerprint density at radius 3 is 2.65 bits per heavy atom. The summed E-state index contributed by atoms with van der Waals surface area (Å²) in [6.07, 6.45) is 4.88. The number of thiazole rings is 1. The summed E-state index contributed by atoms with van der Waals surface area (Å²) < 4.78 is 0. The lowest BCUT2D eigenvalue weighted by atomic mass is 9.94. The second kappa shape index (κ2) is 12.7. The number of carboxylic acids is 1. The van der Waals surface area contributed by atoms with E-state index in [4.69, 9.17) is 33.2 Å². The highest BCUT2D eigenvalue weighted by atomic mass is 35.5. The number of rotatable bonds is 8. The molecule has 1 N–H and O–H groups in total. The van der Waals surface area contributed by atoms with Crippen LogP contribution in [0.15, 0.2) is 60.9 Å². The van der Waals surface area contributed by atoms with Gasteiger partial charge in [-0.15, -0.1) is 22.9 Å². The van der Waals surface area contributed by atoms with Gasteiger partial charge in [0.05, 0.1) is 40.9 Å². The molecule has 0 spiro atoms. The Hall–Kier alpha value is -3.89. The van der Waals surface area contributed by atoms with Crippen molar-refractivity contribution in [3.05, 3.63) is 98.9 Å². The highest BCUT2D eigenvalue weighted by Crippen LogP contribution is 2.40. The van der Waals surface area contributed by atoms with Gasteiger partial charge in [-0.1, -0.05) is 48.0 Å². The predicted molar refractivity (Wildman–Crippen MR) is 181 cm³/mol. The molecule has 11 heteroatoms. The summed E-state index contributed by atoms with van der Waals surface area (Å²) >= 11 is 14.5. The van der Waals surface area contributed by atoms with E-state index in [1.165, 1.54) is 0 Å². The molecule has 8 nitrogen and oxygen atoms in total. The van der Waals surface area contributed by atoms with Crippen molar-refractivity contribution in [3.8, 4) is 21.7 Å². The van der Waals surface area contributed by atoms with Crippen LogP contribution in [0, 0.1) is 12.8 Å². The lowest BCUT2D eigenvalue weighted by Crippen LogP contribution is -2.26. The Morgan fingerprint density at radius 1 is 1.07 bits per heavy atom. The average Bonchev–Trinajstić information content (AvgIpc) is 3.78. The van der Waals surface area contributed by atoms with Gasteiger partial charge in [-0.3, -0.25) is 24.5 Å². The number of carboxylic acid groups (broad SMARTS) is 1. The Morgan fingerprint density at radius 2 is 1.87 bits per heavy atom. The first kappa shape index (κ1) is 30.7. The number of benzene rings is 2. The molecule has 0 unspecified atom stereocenters. The van der Waals surface area contributed by atoms with E-state index >= 15 is 0 Å². The first-order chi connectivity index (χ1) is 22.3. The molecule has 0 aliphatic carbocycles. The van der Waals surface area contributed by atoms with Gasteiger partial charge in [0.2, 0.25) is 5.91 Å². The van der Waals surface area contributed by atoms with Crippen molar-refractivity contribution in [1.29, 1.82) is 0 Å². The van der Waals surface area contributed by atoms with E-state index in [0.717, 1.165) is 72.1 Å². The van der Waals surface area contributed by atoms with Gasteiger partial charge >= 0.3 is 5.97 Å². The van der Waals surface area contributed by atoms with E-state index in [9.17, 15) is 14.7 Å². The molecule has 0 radical (unpaired) electrons. The third kappa shape index (κ3) is 5.88. The number of pyridine rings is 2. The fraction of sp³-hybridized carbons (Fsp3) is 0.286. The fourth-order valence-electron chi connectivity index (χ4n) is 6.50. The van der Waals surface area contributed by atoms with Crippen molar-refractivity contribution in [1.82, 2.24) is 24.8 Å². The summed E-state index contributed by atoms with van der Waals surface area (Å²) in [5.41, 5.74) is 8.76. The minimum absolute atomic E-state index is 0.0203. The lowest BCUT2D eigenvalue weighted by molar-refractivity contribution is -0.141. The van der Waals surface area contributed by atoms with Crippen molar-refractivity contribution in [2.45, 2.75) is 39.4 Å². The van der Waals surface area contributed by atoms with Crippen LogP contribution in [-0.4, -0.2) is 60.7 Å². The number of likely N-dealkylation sites (tertiary alicyclic amines) is 1.